The maximum absolute atomic E-state index is 4.15. The third-order valence-electron chi connectivity index (χ3n) is 2.93. The molecule has 0 aliphatic heterocycles. The number of benzene rings is 1. The molecule has 0 unspecified atom stereocenters. The van der Waals surface area contributed by atoms with Crippen LogP contribution in [0.15, 0.2) is 36.5 Å². The largest absolute Gasteiger partial charge is 0.383 e. The fraction of sp³-hybridized carbons (Fsp3) is 0.333. The zero-order chi connectivity index (χ0) is 12.8. The number of aryl methyl sites for hydroxylation is 1. The molecule has 18 heavy (non-hydrogen) atoms. The van der Waals surface area contributed by atoms with Gasteiger partial charge in [0.05, 0.1) is 17.6 Å². The summed E-state index contributed by atoms with van der Waals surface area (Å²) in [5.74, 6) is 0. The van der Waals surface area contributed by atoms with Gasteiger partial charge in [0.1, 0.15) is 0 Å². The minimum Gasteiger partial charge on any atom is -0.383 e. The van der Waals surface area contributed by atoms with Gasteiger partial charge < -0.3 is 5.32 Å². The van der Waals surface area contributed by atoms with Crippen molar-refractivity contribution < 1.29 is 0 Å². The number of hydrogen-bond acceptors (Lipinski definition) is 3. The topological polar surface area (TPSA) is 37.8 Å². The highest BCUT2D eigenvalue weighted by Gasteiger charge is 2.09. The molecule has 0 fully saturated rings. The molecular weight excluding hydrogens is 222 g/mol. The second-order valence-electron chi connectivity index (χ2n) is 4.37. The van der Waals surface area contributed by atoms with Crippen LogP contribution in [0.5, 0.6) is 0 Å². The first-order valence-corrected chi connectivity index (χ1v) is 6.44. The van der Waals surface area contributed by atoms with Gasteiger partial charge in [-0.2, -0.15) is 10.2 Å². The predicted molar refractivity (Wildman–Crippen MR) is 75.6 cm³/mol. The molecule has 3 heteroatoms. The van der Waals surface area contributed by atoms with Gasteiger partial charge in [0.15, 0.2) is 0 Å². The average Bonchev–Trinajstić information content (AvgIpc) is 2.40. The van der Waals surface area contributed by atoms with E-state index in [1.807, 2.05) is 31.3 Å². The van der Waals surface area contributed by atoms with Crippen LogP contribution in [-0.4, -0.2) is 16.7 Å². The van der Waals surface area contributed by atoms with Crippen LogP contribution < -0.4 is 5.32 Å². The summed E-state index contributed by atoms with van der Waals surface area (Å²) in [4.78, 5) is 0. The van der Waals surface area contributed by atoms with E-state index in [1.165, 1.54) is 12.0 Å². The molecule has 0 saturated carbocycles. The lowest BCUT2D eigenvalue weighted by Crippen LogP contribution is -2.05. The Kier molecular flexibility index (Phi) is 4.29. The lowest BCUT2D eigenvalue weighted by molar-refractivity contribution is 0.832. The van der Waals surface area contributed by atoms with E-state index in [9.17, 15) is 0 Å². The molecule has 2 aromatic rings. The van der Waals surface area contributed by atoms with Gasteiger partial charge in [0.2, 0.25) is 0 Å². The van der Waals surface area contributed by atoms with Gasteiger partial charge in [0, 0.05) is 12.1 Å². The number of nitrogens with one attached hydrogen (secondary N) is 1. The fourth-order valence-corrected chi connectivity index (χ4v) is 1.99. The van der Waals surface area contributed by atoms with E-state index in [0.717, 1.165) is 29.9 Å². The second kappa shape index (κ2) is 6.15. The Morgan fingerprint density at radius 2 is 1.94 bits per heavy atom. The molecule has 0 aliphatic rings. The van der Waals surface area contributed by atoms with Crippen molar-refractivity contribution in [2.45, 2.75) is 26.7 Å². The zero-order valence-electron chi connectivity index (χ0n) is 11.0. The van der Waals surface area contributed by atoms with E-state index in [-0.39, 0.29) is 0 Å². The number of hydrogen-bond donors (Lipinski definition) is 1. The van der Waals surface area contributed by atoms with Gasteiger partial charge in [-0.05, 0) is 18.9 Å². The Hall–Kier alpha value is -1.90. The van der Waals surface area contributed by atoms with Crippen LogP contribution >= 0.6 is 0 Å². The Morgan fingerprint density at radius 3 is 2.67 bits per heavy atom. The summed E-state index contributed by atoms with van der Waals surface area (Å²) in [6.07, 6.45) is 4.16. The predicted octanol–water partition coefficient (Wildman–Crippen LogP) is 3.66. The van der Waals surface area contributed by atoms with Crippen LogP contribution in [0.4, 0.5) is 5.69 Å². The number of nitrogens with zero attached hydrogens (tertiary/aromatic N) is 2. The van der Waals surface area contributed by atoms with Crippen molar-refractivity contribution in [1.29, 1.82) is 0 Å². The van der Waals surface area contributed by atoms with Crippen LogP contribution in [0.3, 0.4) is 0 Å². The molecule has 1 aromatic heterocycles. The maximum Gasteiger partial charge on any atom is 0.0734 e. The molecule has 0 amide bonds. The third-order valence-corrected chi connectivity index (χ3v) is 2.93. The van der Waals surface area contributed by atoms with E-state index < -0.39 is 0 Å². The second-order valence-corrected chi connectivity index (χ2v) is 4.37. The molecular formula is C15H19N3. The molecule has 1 aromatic carbocycles. The average molecular weight is 241 g/mol. The van der Waals surface area contributed by atoms with E-state index in [2.05, 4.69) is 34.6 Å². The van der Waals surface area contributed by atoms with Gasteiger partial charge in [-0.25, -0.2) is 0 Å². The van der Waals surface area contributed by atoms with Crippen LogP contribution in [0.2, 0.25) is 0 Å². The summed E-state index contributed by atoms with van der Waals surface area (Å²) in [6, 6.07) is 10.3. The summed E-state index contributed by atoms with van der Waals surface area (Å²) in [5.41, 5.74) is 4.37. The standard InChI is InChI=1S/C15H19N3/c1-3-4-10-16-14-11-17-18-12(2)15(14)13-8-6-5-7-9-13/h5-9,11H,3-4,10H2,1-2H3,(H,16,18). The van der Waals surface area contributed by atoms with Crippen molar-refractivity contribution in [2.24, 2.45) is 0 Å². The molecule has 0 saturated heterocycles. The molecule has 0 bridgehead atoms. The first kappa shape index (κ1) is 12.6. The van der Waals surface area contributed by atoms with Gasteiger partial charge in [-0.15, -0.1) is 0 Å². The highest BCUT2D eigenvalue weighted by molar-refractivity contribution is 5.78. The van der Waals surface area contributed by atoms with E-state index >= 15 is 0 Å². The van der Waals surface area contributed by atoms with Crippen molar-refractivity contribution in [3.8, 4) is 11.1 Å². The van der Waals surface area contributed by atoms with Gasteiger partial charge >= 0.3 is 0 Å². The molecule has 2 rings (SSSR count). The van der Waals surface area contributed by atoms with E-state index in [0.29, 0.717) is 0 Å². The summed E-state index contributed by atoms with van der Waals surface area (Å²) in [5, 5.41) is 11.6. The highest BCUT2D eigenvalue weighted by Crippen LogP contribution is 2.29. The Labute approximate surface area is 108 Å². The van der Waals surface area contributed by atoms with Crippen LogP contribution in [0.1, 0.15) is 25.5 Å². The molecule has 1 N–H and O–H groups in total. The normalized spacial score (nSPS) is 10.3. The van der Waals surface area contributed by atoms with Gasteiger partial charge in [-0.3, -0.25) is 0 Å². The van der Waals surface area contributed by atoms with E-state index in [1.54, 1.807) is 0 Å². The smallest absolute Gasteiger partial charge is 0.0734 e. The monoisotopic (exact) mass is 241 g/mol. The van der Waals surface area contributed by atoms with Crippen molar-refractivity contribution >= 4 is 5.69 Å². The highest BCUT2D eigenvalue weighted by atomic mass is 15.1. The first-order valence-electron chi connectivity index (χ1n) is 6.44. The number of aromatic nitrogens is 2. The van der Waals surface area contributed by atoms with Gasteiger partial charge in [-0.1, -0.05) is 43.7 Å². The number of unbranched alkanes of at least 4 members (excludes halogenated alkanes) is 1. The zero-order valence-corrected chi connectivity index (χ0v) is 11.0. The van der Waals surface area contributed by atoms with Crippen LogP contribution in [0.25, 0.3) is 11.1 Å². The summed E-state index contributed by atoms with van der Waals surface area (Å²) < 4.78 is 0. The fourth-order valence-electron chi connectivity index (χ4n) is 1.99. The van der Waals surface area contributed by atoms with Crippen molar-refractivity contribution in [3.05, 3.63) is 42.2 Å². The SMILES string of the molecule is CCCCNc1cnnc(C)c1-c1ccccc1. The van der Waals surface area contributed by atoms with Crippen molar-refractivity contribution in [2.75, 3.05) is 11.9 Å². The molecule has 0 radical (unpaired) electrons. The Morgan fingerprint density at radius 1 is 1.17 bits per heavy atom. The third kappa shape index (κ3) is 2.86. The molecule has 3 nitrogen and oxygen atoms in total. The molecule has 94 valence electrons. The quantitative estimate of drug-likeness (QED) is 0.812. The van der Waals surface area contributed by atoms with Crippen LogP contribution in [-0.2, 0) is 0 Å². The maximum atomic E-state index is 4.15. The number of anilines is 1. The Bertz CT molecular complexity index is 494. The summed E-state index contributed by atoms with van der Waals surface area (Å²) in [6.45, 7) is 5.16. The number of rotatable bonds is 5. The van der Waals surface area contributed by atoms with E-state index in [4.69, 9.17) is 0 Å². The van der Waals surface area contributed by atoms with Crippen molar-refractivity contribution in [3.63, 3.8) is 0 Å². The molecule has 0 spiro atoms. The summed E-state index contributed by atoms with van der Waals surface area (Å²) in [7, 11) is 0. The molecule has 0 aliphatic carbocycles. The Balaban J connectivity index is 2.33. The van der Waals surface area contributed by atoms with Gasteiger partial charge in [0.25, 0.3) is 0 Å². The minimum absolute atomic E-state index is 0.961. The van der Waals surface area contributed by atoms with Crippen molar-refractivity contribution in [1.82, 2.24) is 10.2 Å². The van der Waals surface area contributed by atoms with Crippen LogP contribution in [0, 0.1) is 6.92 Å². The lowest BCUT2D eigenvalue weighted by atomic mass is 10.0. The molecule has 0 atom stereocenters. The summed E-state index contributed by atoms with van der Waals surface area (Å²) >= 11 is 0. The minimum atomic E-state index is 0.961. The first-order chi connectivity index (χ1) is 8.83. The lowest BCUT2D eigenvalue weighted by Gasteiger charge is -2.13. The molecule has 1 heterocycles.